The van der Waals surface area contributed by atoms with Gasteiger partial charge in [0.1, 0.15) is 29.0 Å². The van der Waals surface area contributed by atoms with Crippen LogP contribution in [0.5, 0.6) is 11.5 Å². The fourth-order valence-electron chi connectivity index (χ4n) is 3.27. The Kier molecular flexibility index (Phi) is 7.10. The van der Waals surface area contributed by atoms with Gasteiger partial charge in [-0.2, -0.15) is 10.5 Å². The second-order valence-electron chi connectivity index (χ2n) is 6.84. The summed E-state index contributed by atoms with van der Waals surface area (Å²) in [6, 6.07) is 12.3. The average Bonchev–Trinajstić information content (AvgIpc) is 2.76. The molecule has 0 N–H and O–H groups in total. The highest BCUT2D eigenvalue weighted by Crippen LogP contribution is 2.57. The van der Waals surface area contributed by atoms with Gasteiger partial charge in [0.15, 0.2) is 17.8 Å². The minimum atomic E-state index is -0.564. The highest BCUT2D eigenvalue weighted by molar-refractivity contribution is 7.99. The first-order valence-electron chi connectivity index (χ1n) is 10.0. The van der Waals surface area contributed by atoms with Crippen LogP contribution in [0.25, 0.3) is 0 Å². The van der Waals surface area contributed by atoms with Gasteiger partial charge in [-0.3, -0.25) is 0 Å². The monoisotopic (exact) mass is 423 g/mol. The van der Waals surface area contributed by atoms with Crippen LogP contribution in [0.15, 0.2) is 34.1 Å². The van der Waals surface area contributed by atoms with Gasteiger partial charge in [-0.15, -0.1) is 0 Å². The molecular formula is C23H25N3O3S. The molecule has 0 radical (unpaired) electrons. The van der Waals surface area contributed by atoms with Gasteiger partial charge < -0.3 is 19.1 Å². The second-order valence-corrected chi connectivity index (χ2v) is 7.90. The van der Waals surface area contributed by atoms with Crippen LogP contribution in [-0.4, -0.2) is 26.6 Å². The van der Waals surface area contributed by atoms with Crippen molar-refractivity contribution in [2.24, 2.45) is 0 Å². The summed E-state index contributed by atoms with van der Waals surface area (Å²) < 4.78 is 17.8. The quantitative estimate of drug-likeness (QED) is 0.511. The third-order valence-corrected chi connectivity index (χ3v) is 5.78. The number of fused-ring (bicyclic) bond motifs is 2. The summed E-state index contributed by atoms with van der Waals surface area (Å²) in [6.07, 6.45) is 1.08. The van der Waals surface area contributed by atoms with E-state index in [1.165, 1.54) is 11.8 Å². The molecule has 1 aliphatic rings. The minimum Gasteiger partial charge on any atom is -0.491 e. The molecular weight excluding hydrogens is 398 g/mol. The number of ether oxygens (including phenoxy) is 3. The van der Waals surface area contributed by atoms with Crippen LogP contribution in [0.1, 0.15) is 44.7 Å². The first kappa shape index (κ1) is 21.8. The zero-order valence-corrected chi connectivity index (χ0v) is 18.5. The van der Waals surface area contributed by atoms with Gasteiger partial charge in [-0.1, -0.05) is 37.7 Å². The van der Waals surface area contributed by atoms with E-state index in [2.05, 4.69) is 12.1 Å². The Hall–Kier alpha value is -2.87. The van der Waals surface area contributed by atoms with E-state index >= 15 is 0 Å². The molecule has 1 heterocycles. The molecule has 0 saturated carbocycles. The molecule has 7 heteroatoms. The normalized spacial score (nSPS) is 12.9. The average molecular weight is 424 g/mol. The Morgan fingerprint density at radius 1 is 1.03 bits per heavy atom. The summed E-state index contributed by atoms with van der Waals surface area (Å²) in [4.78, 5) is 3.81. The van der Waals surface area contributed by atoms with E-state index in [-0.39, 0.29) is 11.1 Å². The Labute approximate surface area is 182 Å². The first-order chi connectivity index (χ1) is 14.6. The molecule has 1 unspecified atom stereocenters. The van der Waals surface area contributed by atoms with Crippen molar-refractivity contribution < 1.29 is 14.2 Å². The third kappa shape index (κ3) is 4.05. The van der Waals surface area contributed by atoms with Crippen LogP contribution in [0.2, 0.25) is 0 Å². The minimum absolute atomic E-state index is 0.168. The van der Waals surface area contributed by atoms with Gasteiger partial charge in [0.2, 0.25) is 0 Å². The summed E-state index contributed by atoms with van der Waals surface area (Å²) in [5.74, 6) is 0.785. The van der Waals surface area contributed by atoms with Crippen molar-refractivity contribution in [1.82, 2.24) is 0 Å². The maximum Gasteiger partial charge on any atom is 0.197 e. The van der Waals surface area contributed by atoms with E-state index in [9.17, 15) is 10.5 Å². The smallest absolute Gasteiger partial charge is 0.197 e. The van der Waals surface area contributed by atoms with E-state index in [1.807, 2.05) is 50.1 Å². The largest absolute Gasteiger partial charge is 0.491 e. The number of nitriles is 2. The summed E-state index contributed by atoms with van der Waals surface area (Å²) in [7, 11) is 1.93. The lowest BCUT2D eigenvalue weighted by molar-refractivity contribution is -0.0662. The number of benzene rings is 2. The van der Waals surface area contributed by atoms with Gasteiger partial charge in [0.05, 0.1) is 23.8 Å². The van der Waals surface area contributed by atoms with Crippen molar-refractivity contribution in [3.8, 4) is 23.6 Å². The van der Waals surface area contributed by atoms with E-state index in [1.54, 1.807) is 6.92 Å². The molecule has 0 aromatic heterocycles. The third-order valence-electron chi connectivity index (χ3n) is 4.63. The highest BCUT2D eigenvalue weighted by Gasteiger charge is 2.34. The fourth-order valence-corrected chi connectivity index (χ4v) is 4.53. The van der Waals surface area contributed by atoms with Crippen LogP contribution in [-0.2, 0) is 4.74 Å². The second kappa shape index (κ2) is 9.75. The van der Waals surface area contributed by atoms with Crippen LogP contribution in [0, 0.1) is 22.7 Å². The molecule has 2 aromatic carbocycles. The number of hydrogen-bond donors (Lipinski definition) is 0. The molecule has 156 valence electrons. The lowest BCUT2D eigenvalue weighted by atomic mass is 10.0. The number of anilines is 2. The Bertz CT molecular complexity index is 1010. The Morgan fingerprint density at radius 3 is 2.37 bits per heavy atom. The lowest BCUT2D eigenvalue weighted by Crippen LogP contribution is -2.22. The van der Waals surface area contributed by atoms with Gasteiger partial charge in [-0.25, -0.2) is 0 Å². The highest BCUT2D eigenvalue weighted by atomic mass is 32.2. The number of para-hydroxylation sites is 1. The van der Waals surface area contributed by atoms with E-state index in [4.69, 9.17) is 14.2 Å². The molecule has 0 spiro atoms. The summed E-state index contributed by atoms with van der Waals surface area (Å²) in [6.45, 7) is 6.81. The standard InChI is InChI=1S/C23H25N3O3S/c1-5-11-27-15(3)29-21-16(13-24)17(14-25)22(28-12-6-2)23-20(21)26(4)18-9-7-8-10-19(18)30-23/h7-10,15H,5-6,11-12H2,1-4H3. The number of hydrogen-bond acceptors (Lipinski definition) is 7. The molecule has 0 aliphatic carbocycles. The van der Waals surface area contributed by atoms with Crippen molar-refractivity contribution in [2.75, 3.05) is 25.2 Å². The van der Waals surface area contributed by atoms with Crippen molar-refractivity contribution in [3.63, 3.8) is 0 Å². The molecule has 6 nitrogen and oxygen atoms in total. The lowest BCUT2D eigenvalue weighted by Gasteiger charge is -2.33. The van der Waals surface area contributed by atoms with Crippen molar-refractivity contribution in [2.45, 2.75) is 49.7 Å². The predicted molar refractivity (Wildman–Crippen MR) is 117 cm³/mol. The van der Waals surface area contributed by atoms with Crippen LogP contribution < -0.4 is 14.4 Å². The molecule has 0 amide bonds. The predicted octanol–water partition coefficient (Wildman–Crippen LogP) is 5.60. The van der Waals surface area contributed by atoms with Crippen LogP contribution >= 0.6 is 11.8 Å². The number of rotatable bonds is 8. The Balaban J connectivity index is 2.25. The molecule has 1 aliphatic heterocycles. The molecule has 0 bridgehead atoms. The van der Waals surface area contributed by atoms with Gasteiger partial charge in [0, 0.05) is 11.9 Å². The SMILES string of the molecule is CCCOc1c(C#N)c(C#N)c(OC(C)OCCC)c2c1Sc1ccccc1N2C. The summed E-state index contributed by atoms with van der Waals surface area (Å²) >= 11 is 1.52. The maximum absolute atomic E-state index is 9.95. The van der Waals surface area contributed by atoms with Gasteiger partial charge in [-0.05, 0) is 31.9 Å². The molecule has 0 fully saturated rings. The molecule has 0 saturated heterocycles. The first-order valence-corrected chi connectivity index (χ1v) is 10.8. The zero-order chi connectivity index (χ0) is 21.7. The Morgan fingerprint density at radius 2 is 1.70 bits per heavy atom. The van der Waals surface area contributed by atoms with Gasteiger partial charge in [0.25, 0.3) is 0 Å². The molecule has 30 heavy (non-hydrogen) atoms. The zero-order valence-electron chi connectivity index (χ0n) is 17.7. The van der Waals surface area contributed by atoms with Crippen molar-refractivity contribution >= 4 is 23.1 Å². The summed E-state index contributed by atoms with van der Waals surface area (Å²) in [5, 5.41) is 19.9. The van der Waals surface area contributed by atoms with Crippen molar-refractivity contribution in [3.05, 3.63) is 35.4 Å². The fraction of sp³-hybridized carbons (Fsp3) is 0.391. The topological polar surface area (TPSA) is 78.5 Å². The van der Waals surface area contributed by atoms with E-state index < -0.39 is 6.29 Å². The molecule has 3 rings (SSSR count). The van der Waals surface area contributed by atoms with E-state index in [0.717, 1.165) is 28.3 Å². The van der Waals surface area contributed by atoms with Gasteiger partial charge >= 0.3 is 0 Å². The molecule has 2 aromatic rings. The summed E-state index contributed by atoms with van der Waals surface area (Å²) in [5.41, 5.74) is 2.08. The van der Waals surface area contributed by atoms with Crippen LogP contribution in [0.3, 0.4) is 0 Å². The number of nitrogens with zero attached hydrogens (tertiary/aromatic N) is 3. The maximum atomic E-state index is 9.95. The van der Waals surface area contributed by atoms with Crippen LogP contribution in [0.4, 0.5) is 11.4 Å². The van der Waals surface area contributed by atoms with E-state index in [0.29, 0.717) is 30.4 Å². The van der Waals surface area contributed by atoms with Crippen molar-refractivity contribution in [1.29, 1.82) is 10.5 Å². The molecule has 1 atom stereocenters.